The van der Waals surface area contributed by atoms with Crippen LogP contribution in [0.15, 0.2) is 18.5 Å². The van der Waals surface area contributed by atoms with Crippen LogP contribution in [0, 0.1) is 5.92 Å². The van der Waals surface area contributed by atoms with E-state index in [-0.39, 0.29) is 12.1 Å². The molecule has 0 bridgehead atoms. The van der Waals surface area contributed by atoms with Crippen molar-refractivity contribution in [1.29, 1.82) is 0 Å². The van der Waals surface area contributed by atoms with Gasteiger partial charge in [0, 0.05) is 31.0 Å². The molecule has 0 amide bonds. The summed E-state index contributed by atoms with van der Waals surface area (Å²) in [6.07, 6.45) is 5.51. The molecule has 3 atom stereocenters. The Bertz CT molecular complexity index is 375. The van der Waals surface area contributed by atoms with Crippen LogP contribution in [0.4, 0.5) is 0 Å². The van der Waals surface area contributed by atoms with Gasteiger partial charge in [0.25, 0.3) is 0 Å². The van der Waals surface area contributed by atoms with E-state index in [1.54, 1.807) is 12.4 Å². The van der Waals surface area contributed by atoms with Crippen LogP contribution in [0.3, 0.4) is 0 Å². The van der Waals surface area contributed by atoms with E-state index in [1.165, 1.54) is 0 Å². The number of aromatic nitrogens is 1. The van der Waals surface area contributed by atoms with Crippen molar-refractivity contribution < 1.29 is 4.74 Å². The highest BCUT2D eigenvalue weighted by Gasteiger charge is 2.31. The van der Waals surface area contributed by atoms with Crippen LogP contribution < -0.4 is 11.3 Å². The predicted octanol–water partition coefficient (Wildman–Crippen LogP) is 1.53. The lowest BCUT2D eigenvalue weighted by molar-refractivity contribution is 0.0954. The summed E-state index contributed by atoms with van der Waals surface area (Å²) < 4.78 is 5.58. The second-order valence-corrected chi connectivity index (χ2v) is 4.88. The number of hydrogen-bond donors (Lipinski definition) is 2. The molecule has 2 rings (SSSR count). The Morgan fingerprint density at radius 1 is 1.71 bits per heavy atom. The molecular weight excluding hydrogens is 238 g/mol. The van der Waals surface area contributed by atoms with E-state index in [1.807, 2.05) is 6.07 Å². The molecule has 4 nitrogen and oxygen atoms in total. The number of halogens is 1. The van der Waals surface area contributed by atoms with E-state index >= 15 is 0 Å². The molecule has 0 spiro atoms. The molecule has 17 heavy (non-hydrogen) atoms. The van der Waals surface area contributed by atoms with Crippen LogP contribution in [0.2, 0.25) is 5.02 Å². The fraction of sp³-hybridized carbons (Fsp3) is 0.583. The average molecular weight is 256 g/mol. The molecule has 0 aromatic carbocycles. The van der Waals surface area contributed by atoms with E-state index < -0.39 is 0 Å². The van der Waals surface area contributed by atoms with Gasteiger partial charge < -0.3 is 4.74 Å². The van der Waals surface area contributed by atoms with Crippen molar-refractivity contribution in [3.05, 3.63) is 29.0 Å². The SMILES string of the molecule is CC1OCCC1C(Cc1ccncc1Cl)NN. The van der Waals surface area contributed by atoms with Gasteiger partial charge >= 0.3 is 0 Å². The van der Waals surface area contributed by atoms with Crippen molar-refractivity contribution in [2.24, 2.45) is 11.8 Å². The molecule has 3 unspecified atom stereocenters. The van der Waals surface area contributed by atoms with Crippen LogP contribution in [0.5, 0.6) is 0 Å². The van der Waals surface area contributed by atoms with Crippen LogP contribution >= 0.6 is 11.6 Å². The fourth-order valence-corrected chi connectivity index (χ4v) is 2.61. The maximum absolute atomic E-state index is 6.11. The molecule has 1 aliphatic heterocycles. The van der Waals surface area contributed by atoms with E-state index in [2.05, 4.69) is 17.3 Å². The first-order valence-electron chi connectivity index (χ1n) is 5.88. The summed E-state index contributed by atoms with van der Waals surface area (Å²) in [6, 6.07) is 2.13. The van der Waals surface area contributed by atoms with Gasteiger partial charge in [0.05, 0.1) is 11.1 Å². The molecule has 1 saturated heterocycles. The third-order valence-corrected chi connectivity index (χ3v) is 3.80. The number of nitrogens with zero attached hydrogens (tertiary/aromatic N) is 1. The van der Waals surface area contributed by atoms with E-state index in [4.69, 9.17) is 22.2 Å². The topological polar surface area (TPSA) is 60.2 Å². The Kier molecular flexibility index (Phi) is 4.34. The van der Waals surface area contributed by atoms with Gasteiger partial charge in [0.1, 0.15) is 0 Å². The van der Waals surface area contributed by atoms with Gasteiger partial charge in [0.2, 0.25) is 0 Å². The minimum absolute atomic E-state index is 0.187. The third-order valence-electron chi connectivity index (χ3n) is 3.46. The molecule has 5 heteroatoms. The van der Waals surface area contributed by atoms with Crippen LogP contribution in [-0.4, -0.2) is 23.7 Å². The van der Waals surface area contributed by atoms with Crippen molar-refractivity contribution in [3.8, 4) is 0 Å². The number of hydrogen-bond acceptors (Lipinski definition) is 4. The maximum Gasteiger partial charge on any atom is 0.0621 e. The first-order valence-corrected chi connectivity index (χ1v) is 6.26. The highest BCUT2D eigenvalue weighted by atomic mass is 35.5. The van der Waals surface area contributed by atoms with Crippen molar-refractivity contribution in [2.75, 3.05) is 6.61 Å². The molecule has 1 fully saturated rings. The second-order valence-electron chi connectivity index (χ2n) is 4.47. The minimum Gasteiger partial charge on any atom is -0.378 e. The quantitative estimate of drug-likeness (QED) is 0.633. The number of nitrogens with two attached hydrogens (primary N) is 1. The lowest BCUT2D eigenvalue weighted by atomic mass is 9.89. The minimum atomic E-state index is 0.187. The Balaban J connectivity index is 2.07. The number of nitrogens with one attached hydrogen (secondary N) is 1. The Labute approximate surface area is 106 Å². The zero-order valence-corrected chi connectivity index (χ0v) is 10.7. The number of ether oxygens (including phenoxy) is 1. The molecule has 0 radical (unpaired) electrons. The lowest BCUT2D eigenvalue weighted by Gasteiger charge is -2.25. The Morgan fingerprint density at radius 3 is 3.12 bits per heavy atom. The van der Waals surface area contributed by atoms with Crippen LogP contribution in [-0.2, 0) is 11.2 Å². The van der Waals surface area contributed by atoms with Crippen molar-refractivity contribution in [3.63, 3.8) is 0 Å². The van der Waals surface area contributed by atoms with Gasteiger partial charge in [-0.05, 0) is 31.4 Å². The molecular formula is C12H18ClN3O. The second kappa shape index (κ2) is 5.78. The summed E-state index contributed by atoms with van der Waals surface area (Å²) in [5.74, 6) is 6.08. The smallest absolute Gasteiger partial charge is 0.0621 e. The summed E-state index contributed by atoms with van der Waals surface area (Å²) in [7, 11) is 0. The van der Waals surface area contributed by atoms with Gasteiger partial charge in [-0.25, -0.2) is 0 Å². The average Bonchev–Trinajstić information content (AvgIpc) is 2.75. The first kappa shape index (κ1) is 12.8. The Morgan fingerprint density at radius 2 is 2.53 bits per heavy atom. The van der Waals surface area contributed by atoms with Crippen LogP contribution in [0.1, 0.15) is 18.9 Å². The molecule has 2 heterocycles. The predicted molar refractivity (Wildman–Crippen MR) is 67.6 cm³/mol. The zero-order chi connectivity index (χ0) is 12.3. The van der Waals surface area contributed by atoms with E-state index in [9.17, 15) is 0 Å². The largest absolute Gasteiger partial charge is 0.378 e. The summed E-state index contributed by atoms with van der Waals surface area (Å²) in [4.78, 5) is 3.98. The fourth-order valence-electron chi connectivity index (χ4n) is 2.42. The number of rotatable bonds is 4. The highest BCUT2D eigenvalue weighted by molar-refractivity contribution is 6.31. The normalized spacial score (nSPS) is 26.1. The van der Waals surface area contributed by atoms with Gasteiger partial charge in [-0.3, -0.25) is 16.3 Å². The summed E-state index contributed by atoms with van der Waals surface area (Å²) in [5, 5.41) is 0.694. The molecule has 1 aliphatic rings. The summed E-state index contributed by atoms with van der Waals surface area (Å²) in [6.45, 7) is 2.91. The Hall–Kier alpha value is -0.680. The maximum atomic E-state index is 6.11. The van der Waals surface area contributed by atoms with Gasteiger partial charge in [-0.1, -0.05) is 11.6 Å². The number of pyridine rings is 1. The van der Waals surface area contributed by atoms with Crippen molar-refractivity contribution in [2.45, 2.75) is 31.9 Å². The molecule has 94 valence electrons. The van der Waals surface area contributed by atoms with Crippen molar-refractivity contribution in [1.82, 2.24) is 10.4 Å². The third kappa shape index (κ3) is 2.96. The molecule has 1 aromatic heterocycles. The molecule has 0 aliphatic carbocycles. The first-order chi connectivity index (χ1) is 8.22. The van der Waals surface area contributed by atoms with Gasteiger partial charge in [0.15, 0.2) is 0 Å². The van der Waals surface area contributed by atoms with Crippen molar-refractivity contribution >= 4 is 11.6 Å². The highest BCUT2D eigenvalue weighted by Crippen LogP contribution is 2.27. The molecule has 1 aromatic rings. The van der Waals surface area contributed by atoms with E-state index in [0.29, 0.717) is 10.9 Å². The molecule has 3 N–H and O–H groups in total. The summed E-state index contributed by atoms with van der Waals surface area (Å²) >= 11 is 6.11. The van der Waals surface area contributed by atoms with E-state index in [0.717, 1.165) is 25.0 Å². The summed E-state index contributed by atoms with van der Waals surface area (Å²) in [5.41, 5.74) is 3.96. The van der Waals surface area contributed by atoms with Gasteiger partial charge in [-0.15, -0.1) is 0 Å². The van der Waals surface area contributed by atoms with Gasteiger partial charge in [-0.2, -0.15) is 0 Å². The monoisotopic (exact) mass is 255 g/mol. The standard InChI is InChI=1S/C12H18ClN3O/c1-8-10(3-5-17-8)12(16-14)6-9-2-4-15-7-11(9)13/h2,4,7-8,10,12,16H,3,5-6,14H2,1H3. The zero-order valence-electron chi connectivity index (χ0n) is 9.90. The van der Waals surface area contributed by atoms with Crippen LogP contribution in [0.25, 0.3) is 0 Å². The molecule has 0 saturated carbocycles. The lowest BCUT2D eigenvalue weighted by Crippen LogP contribution is -2.44. The number of hydrazine groups is 1.